The predicted octanol–water partition coefficient (Wildman–Crippen LogP) is 3.57. The van der Waals surface area contributed by atoms with Crippen molar-refractivity contribution in [2.75, 3.05) is 31.5 Å². The predicted molar refractivity (Wildman–Crippen MR) is 83.5 cm³/mol. The van der Waals surface area contributed by atoms with E-state index in [0.29, 0.717) is 19.1 Å². The molecule has 1 aromatic rings. The van der Waals surface area contributed by atoms with Crippen LogP contribution in [-0.2, 0) is 6.18 Å². The number of nitrogens with one attached hydrogen (secondary N) is 1. The lowest BCUT2D eigenvalue weighted by molar-refractivity contribution is -0.138. The van der Waals surface area contributed by atoms with E-state index in [4.69, 9.17) is 0 Å². The number of amides is 2. The number of anilines is 1. The molecule has 4 nitrogen and oxygen atoms in total. The van der Waals surface area contributed by atoms with E-state index in [1.807, 2.05) is 0 Å². The van der Waals surface area contributed by atoms with Crippen molar-refractivity contribution in [1.29, 1.82) is 0 Å². The maximum Gasteiger partial charge on any atom is 0.416 e. The first kappa shape index (κ1) is 17.6. The van der Waals surface area contributed by atoms with Gasteiger partial charge in [0, 0.05) is 37.9 Å². The average Bonchev–Trinajstić information content (AvgIpc) is 2.48. The Morgan fingerprint density at radius 3 is 2.30 bits per heavy atom. The molecule has 0 radical (unpaired) electrons. The Labute approximate surface area is 134 Å². The van der Waals surface area contributed by atoms with Crippen molar-refractivity contribution in [2.45, 2.75) is 33.0 Å². The van der Waals surface area contributed by atoms with Crippen molar-refractivity contribution < 1.29 is 18.0 Å². The largest absolute Gasteiger partial charge is 0.416 e. The van der Waals surface area contributed by atoms with Gasteiger partial charge in [0.2, 0.25) is 0 Å². The van der Waals surface area contributed by atoms with Crippen LogP contribution in [0.4, 0.5) is 23.7 Å². The van der Waals surface area contributed by atoms with Gasteiger partial charge in [0.05, 0.1) is 5.56 Å². The van der Waals surface area contributed by atoms with Crippen LogP contribution in [0, 0.1) is 6.92 Å². The summed E-state index contributed by atoms with van der Waals surface area (Å²) in [7, 11) is 0. The Morgan fingerprint density at radius 2 is 1.78 bits per heavy atom. The Kier molecular flexibility index (Phi) is 5.19. The highest BCUT2D eigenvalue weighted by Crippen LogP contribution is 2.33. The second kappa shape index (κ2) is 6.78. The molecule has 128 valence electrons. The number of carbonyl (C=O) groups excluding carboxylic acids is 1. The number of benzene rings is 1. The smallest absolute Gasteiger partial charge is 0.322 e. The summed E-state index contributed by atoms with van der Waals surface area (Å²) in [5.41, 5.74) is -0.416. The fourth-order valence-electron chi connectivity index (χ4n) is 2.65. The highest BCUT2D eigenvalue weighted by atomic mass is 19.4. The molecule has 1 aromatic carbocycles. The number of urea groups is 1. The molecule has 1 saturated heterocycles. The Morgan fingerprint density at radius 1 is 1.17 bits per heavy atom. The quantitative estimate of drug-likeness (QED) is 0.900. The number of piperazine rings is 1. The minimum Gasteiger partial charge on any atom is -0.322 e. The van der Waals surface area contributed by atoms with Gasteiger partial charge in [-0.05, 0) is 38.5 Å². The van der Waals surface area contributed by atoms with Crippen molar-refractivity contribution in [1.82, 2.24) is 9.80 Å². The Bertz CT molecular complexity index is 564. The number of nitrogens with zero attached hydrogens (tertiary/aromatic N) is 2. The number of alkyl halides is 3. The van der Waals surface area contributed by atoms with Gasteiger partial charge in [0.15, 0.2) is 0 Å². The third-order valence-electron chi connectivity index (χ3n) is 4.13. The van der Waals surface area contributed by atoms with E-state index in [-0.39, 0.29) is 17.3 Å². The highest BCUT2D eigenvalue weighted by molar-refractivity contribution is 5.89. The van der Waals surface area contributed by atoms with E-state index in [0.717, 1.165) is 19.2 Å². The summed E-state index contributed by atoms with van der Waals surface area (Å²) in [5.74, 6) is 0. The van der Waals surface area contributed by atoms with Gasteiger partial charge in [-0.3, -0.25) is 4.90 Å². The van der Waals surface area contributed by atoms with Crippen molar-refractivity contribution in [3.63, 3.8) is 0 Å². The van der Waals surface area contributed by atoms with Crippen LogP contribution in [0.25, 0.3) is 0 Å². The zero-order valence-corrected chi connectivity index (χ0v) is 13.6. The Hall–Kier alpha value is -1.76. The molecule has 2 amide bonds. The van der Waals surface area contributed by atoms with Gasteiger partial charge in [0.25, 0.3) is 0 Å². The molecule has 0 bridgehead atoms. The summed E-state index contributed by atoms with van der Waals surface area (Å²) in [6.45, 7) is 8.28. The molecular formula is C16H22F3N3O. The Balaban J connectivity index is 2.01. The van der Waals surface area contributed by atoms with Gasteiger partial charge in [-0.15, -0.1) is 0 Å². The summed E-state index contributed by atoms with van der Waals surface area (Å²) in [5, 5.41) is 2.56. The van der Waals surface area contributed by atoms with Crippen LogP contribution in [-0.4, -0.2) is 48.1 Å². The molecule has 0 aromatic heterocycles. The normalized spacial score (nSPS) is 16.7. The first-order valence-corrected chi connectivity index (χ1v) is 7.66. The van der Waals surface area contributed by atoms with Crippen LogP contribution in [0.15, 0.2) is 18.2 Å². The fourth-order valence-corrected chi connectivity index (χ4v) is 2.65. The van der Waals surface area contributed by atoms with Crippen LogP contribution in [0.2, 0.25) is 0 Å². The number of halogens is 3. The topological polar surface area (TPSA) is 35.6 Å². The summed E-state index contributed by atoms with van der Waals surface area (Å²) >= 11 is 0. The van der Waals surface area contributed by atoms with Crippen LogP contribution in [0.1, 0.15) is 25.0 Å². The van der Waals surface area contributed by atoms with Gasteiger partial charge in [-0.25, -0.2) is 4.79 Å². The zero-order chi connectivity index (χ0) is 17.2. The molecule has 0 unspecified atom stereocenters. The molecule has 0 spiro atoms. The fraction of sp³-hybridized carbons (Fsp3) is 0.562. The van der Waals surface area contributed by atoms with Gasteiger partial charge in [-0.1, -0.05) is 6.07 Å². The van der Waals surface area contributed by atoms with Crippen LogP contribution >= 0.6 is 0 Å². The van der Waals surface area contributed by atoms with E-state index < -0.39 is 11.7 Å². The summed E-state index contributed by atoms with van der Waals surface area (Å²) < 4.78 is 38.7. The van der Waals surface area contributed by atoms with E-state index in [2.05, 4.69) is 24.1 Å². The van der Waals surface area contributed by atoms with Crippen molar-refractivity contribution in [3.05, 3.63) is 29.3 Å². The summed E-state index contributed by atoms with van der Waals surface area (Å²) in [4.78, 5) is 16.1. The first-order chi connectivity index (χ1) is 10.7. The minimum atomic E-state index is -4.42. The lowest BCUT2D eigenvalue weighted by Crippen LogP contribution is -2.51. The van der Waals surface area contributed by atoms with E-state index in [1.165, 1.54) is 19.1 Å². The minimum absolute atomic E-state index is 0.140. The molecule has 7 heteroatoms. The molecule has 1 aliphatic rings. The second-order valence-electron chi connectivity index (χ2n) is 6.07. The van der Waals surface area contributed by atoms with Crippen LogP contribution in [0.3, 0.4) is 0 Å². The first-order valence-electron chi connectivity index (χ1n) is 7.66. The summed E-state index contributed by atoms with van der Waals surface area (Å²) in [6, 6.07) is 3.91. The number of aryl methyl sites for hydroxylation is 1. The maximum absolute atomic E-state index is 12.9. The third-order valence-corrected chi connectivity index (χ3v) is 4.13. The molecule has 2 rings (SSSR count). The van der Waals surface area contributed by atoms with Crippen LogP contribution in [0.5, 0.6) is 0 Å². The van der Waals surface area contributed by atoms with E-state index in [9.17, 15) is 18.0 Å². The highest BCUT2D eigenvalue weighted by Gasteiger charge is 2.32. The standard InChI is InChI=1S/C16H22F3N3O/c1-11(2)21-6-8-22(9-7-21)15(23)20-13-5-4-12(3)14(10-13)16(17,18)19/h4-5,10-11H,6-9H2,1-3H3,(H,20,23). The average molecular weight is 329 g/mol. The lowest BCUT2D eigenvalue weighted by atomic mass is 10.1. The number of hydrogen-bond acceptors (Lipinski definition) is 2. The van der Waals surface area contributed by atoms with Gasteiger partial charge >= 0.3 is 12.2 Å². The molecule has 1 heterocycles. The van der Waals surface area contributed by atoms with Crippen molar-refractivity contribution >= 4 is 11.7 Å². The number of rotatable bonds is 2. The number of carbonyl (C=O) groups is 1. The molecule has 0 aliphatic carbocycles. The lowest BCUT2D eigenvalue weighted by Gasteiger charge is -2.36. The molecule has 1 fully saturated rings. The SMILES string of the molecule is Cc1ccc(NC(=O)N2CCN(C(C)C)CC2)cc1C(F)(F)F. The zero-order valence-electron chi connectivity index (χ0n) is 13.6. The molecular weight excluding hydrogens is 307 g/mol. The van der Waals surface area contributed by atoms with E-state index >= 15 is 0 Å². The van der Waals surface area contributed by atoms with Gasteiger partial charge in [-0.2, -0.15) is 13.2 Å². The van der Waals surface area contributed by atoms with Crippen LogP contribution < -0.4 is 5.32 Å². The van der Waals surface area contributed by atoms with Gasteiger partial charge in [0.1, 0.15) is 0 Å². The molecule has 1 aliphatic heterocycles. The van der Waals surface area contributed by atoms with Crippen molar-refractivity contribution in [3.8, 4) is 0 Å². The molecule has 0 saturated carbocycles. The molecule has 23 heavy (non-hydrogen) atoms. The number of hydrogen-bond donors (Lipinski definition) is 1. The van der Waals surface area contributed by atoms with Crippen molar-refractivity contribution in [2.24, 2.45) is 0 Å². The second-order valence-corrected chi connectivity index (χ2v) is 6.07. The maximum atomic E-state index is 12.9. The third kappa shape index (κ3) is 4.37. The van der Waals surface area contributed by atoms with E-state index in [1.54, 1.807) is 4.90 Å². The molecule has 1 N–H and O–H groups in total. The summed E-state index contributed by atoms with van der Waals surface area (Å²) in [6.07, 6.45) is -4.42. The molecule has 0 atom stereocenters. The monoisotopic (exact) mass is 329 g/mol. The van der Waals surface area contributed by atoms with Gasteiger partial charge < -0.3 is 10.2 Å².